The highest BCUT2D eigenvalue weighted by molar-refractivity contribution is 6.29. The van der Waals surface area contributed by atoms with Crippen LogP contribution in [-0.4, -0.2) is 25.1 Å². The van der Waals surface area contributed by atoms with Crippen molar-refractivity contribution in [3.05, 3.63) is 46.9 Å². The Morgan fingerprint density at radius 3 is 2.55 bits per heavy atom. The first-order chi connectivity index (χ1) is 10.7. The molecule has 0 aromatic carbocycles. The summed E-state index contributed by atoms with van der Waals surface area (Å²) in [4.78, 5) is 15.7. The molecule has 0 saturated heterocycles. The average molecular weight is 339 g/mol. The Labute approximate surface area is 134 Å². The first-order valence-corrected chi connectivity index (χ1v) is 6.77. The Bertz CT molecular complexity index is 782. The number of aromatic nitrogens is 5. The van der Waals surface area contributed by atoms with E-state index in [0.29, 0.717) is 23.3 Å². The number of ether oxygens (including phenoxy) is 1. The van der Waals surface area contributed by atoms with Crippen LogP contribution in [0.25, 0.3) is 0 Å². The zero-order chi connectivity index (χ0) is 15.4. The van der Waals surface area contributed by atoms with Gasteiger partial charge in [0.1, 0.15) is 11.0 Å². The number of nitrogens with zero attached hydrogens (tertiary/aromatic N) is 5. The highest BCUT2D eigenvalue weighted by atomic mass is 35.5. The summed E-state index contributed by atoms with van der Waals surface area (Å²) in [7, 11) is 0. The van der Waals surface area contributed by atoms with Gasteiger partial charge in [-0.2, -0.15) is 4.98 Å². The molecule has 0 aliphatic carbocycles. The average Bonchev–Trinajstić information content (AvgIpc) is 2.93. The highest BCUT2D eigenvalue weighted by Crippen LogP contribution is 2.20. The Morgan fingerprint density at radius 2 is 1.77 bits per heavy atom. The fraction of sp³-hybridized carbons (Fsp3) is 0.0833. The summed E-state index contributed by atoms with van der Waals surface area (Å²) in [5.41, 5.74) is 0. The summed E-state index contributed by atoms with van der Waals surface area (Å²) >= 11 is 11.5. The molecule has 0 unspecified atom stereocenters. The van der Waals surface area contributed by atoms with Crippen LogP contribution in [0.3, 0.4) is 0 Å². The minimum absolute atomic E-state index is 0.223. The second kappa shape index (κ2) is 6.54. The van der Waals surface area contributed by atoms with Crippen molar-refractivity contribution < 1.29 is 9.26 Å². The van der Waals surface area contributed by atoms with E-state index in [4.69, 9.17) is 32.5 Å². The molecule has 22 heavy (non-hydrogen) atoms. The monoisotopic (exact) mass is 338 g/mol. The lowest BCUT2D eigenvalue weighted by Gasteiger charge is -2.01. The van der Waals surface area contributed by atoms with Crippen molar-refractivity contribution in [2.24, 2.45) is 0 Å². The van der Waals surface area contributed by atoms with Gasteiger partial charge < -0.3 is 14.6 Å². The largest absolute Gasteiger partial charge is 0.416 e. The number of anilines is 1. The van der Waals surface area contributed by atoms with E-state index < -0.39 is 0 Å². The van der Waals surface area contributed by atoms with Crippen LogP contribution in [0, 0.1) is 0 Å². The van der Waals surface area contributed by atoms with Crippen molar-refractivity contribution in [1.29, 1.82) is 0 Å². The number of hydrogen-bond donors (Lipinski definition) is 1. The van der Waals surface area contributed by atoms with Crippen molar-refractivity contribution in [3.63, 3.8) is 0 Å². The van der Waals surface area contributed by atoms with Gasteiger partial charge in [0.25, 0.3) is 5.88 Å². The van der Waals surface area contributed by atoms with Crippen molar-refractivity contribution in [2.75, 3.05) is 5.32 Å². The maximum atomic E-state index is 5.74. The Morgan fingerprint density at radius 1 is 1.00 bits per heavy atom. The number of nitrogens with one attached hydrogen (secondary N) is 1. The maximum absolute atomic E-state index is 5.74. The first kappa shape index (κ1) is 14.5. The van der Waals surface area contributed by atoms with Gasteiger partial charge in [-0.25, -0.2) is 4.98 Å². The van der Waals surface area contributed by atoms with E-state index in [-0.39, 0.29) is 16.9 Å². The number of rotatable bonds is 5. The molecule has 1 N–H and O–H groups in total. The van der Waals surface area contributed by atoms with Gasteiger partial charge >= 0.3 is 0 Å². The molecule has 0 radical (unpaired) electrons. The third kappa shape index (κ3) is 3.80. The molecule has 10 heteroatoms. The molecular formula is C12H8Cl2N6O2. The SMILES string of the molecule is Clc1cncc(NCc2cc(Oc3cncc(Cl)n3)no2)n1. The Balaban J connectivity index is 1.61. The van der Waals surface area contributed by atoms with E-state index in [9.17, 15) is 0 Å². The minimum atomic E-state index is 0.223. The molecular weight excluding hydrogens is 331 g/mol. The molecule has 0 spiro atoms. The molecule has 0 aliphatic heterocycles. The molecule has 0 fully saturated rings. The molecule has 3 heterocycles. The van der Waals surface area contributed by atoms with Gasteiger partial charge in [-0.05, 0) is 5.16 Å². The molecule has 0 aliphatic rings. The highest BCUT2D eigenvalue weighted by Gasteiger charge is 2.08. The summed E-state index contributed by atoms with van der Waals surface area (Å²) in [5.74, 6) is 1.52. The molecule has 0 amide bonds. The second-order valence-corrected chi connectivity index (χ2v) is 4.77. The third-order valence-corrected chi connectivity index (χ3v) is 2.74. The zero-order valence-corrected chi connectivity index (χ0v) is 12.4. The van der Waals surface area contributed by atoms with Crippen LogP contribution in [0.2, 0.25) is 10.3 Å². The third-order valence-electron chi connectivity index (χ3n) is 2.38. The predicted octanol–water partition coefficient (Wildman–Crippen LogP) is 2.97. The normalized spacial score (nSPS) is 10.5. The quantitative estimate of drug-likeness (QED) is 0.757. The van der Waals surface area contributed by atoms with Crippen LogP contribution in [0.4, 0.5) is 5.82 Å². The topological polar surface area (TPSA) is 98.9 Å². The molecule has 0 atom stereocenters. The summed E-state index contributed by atoms with van der Waals surface area (Å²) < 4.78 is 10.5. The summed E-state index contributed by atoms with van der Waals surface area (Å²) in [6.45, 7) is 0.340. The van der Waals surface area contributed by atoms with E-state index in [1.807, 2.05) is 0 Å². The van der Waals surface area contributed by atoms with E-state index >= 15 is 0 Å². The van der Waals surface area contributed by atoms with Crippen molar-refractivity contribution in [1.82, 2.24) is 25.1 Å². The number of halogens is 2. The van der Waals surface area contributed by atoms with Crippen LogP contribution in [0.15, 0.2) is 35.4 Å². The van der Waals surface area contributed by atoms with Gasteiger partial charge in [0.05, 0.1) is 31.3 Å². The van der Waals surface area contributed by atoms with Crippen LogP contribution < -0.4 is 10.1 Å². The van der Waals surface area contributed by atoms with Gasteiger partial charge in [-0.15, -0.1) is 0 Å². The zero-order valence-electron chi connectivity index (χ0n) is 10.9. The summed E-state index contributed by atoms with van der Waals surface area (Å²) in [5, 5.41) is 7.27. The molecule has 112 valence electrons. The standard InChI is InChI=1S/C12H8Cl2N6O2/c13-8-3-15-5-10(18-8)17-2-7-1-11(20-22-7)21-12-6-16-4-9(14)19-12/h1,3-6H,2H2,(H,17,18). The molecule has 0 saturated carbocycles. The minimum Gasteiger partial charge on any atom is -0.416 e. The van der Waals surface area contributed by atoms with Crippen LogP contribution in [-0.2, 0) is 6.54 Å². The number of hydrogen-bond acceptors (Lipinski definition) is 8. The lowest BCUT2D eigenvalue weighted by atomic mass is 10.4. The maximum Gasteiger partial charge on any atom is 0.261 e. The molecule has 8 nitrogen and oxygen atoms in total. The predicted molar refractivity (Wildman–Crippen MR) is 78.0 cm³/mol. The van der Waals surface area contributed by atoms with Crippen LogP contribution in [0.1, 0.15) is 5.76 Å². The Hall–Kier alpha value is -2.45. The van der Waals surface area contributed by atoms with E-state index in [1.54, 1.807) is 12.3 Å². The van der Waals surface area contributed by atoms with Crippen molar-refractivity contribution in [2.45, 2.75) is 6.54 Å². The summed E-state index contributed by atoms with van der Waals surface area (Å²) in [6, 6.07) is 1.60. The van der Waals surface area contributed by atoms with Gasteiger partial charge in [0, 0.05) is 6.07 Å². The second-order valence-electron chi connectivity index (χ2n) is 3.99. The van der Waals surface area contributed by atoms with E-state index in [1.165, 1.54) is 18.6 Å². The first-order valence-electron chi connectivity index (χ1n) is 6.01. The smallest absolute Gasteiger partial charge is 0.261 e. The van der Waals surface area contributed by atoms with Gasteiger partial charge in [-0.1, -0.05) is 23.2 Å². The van der Waals surface area contributed by atoms with Crippen LogP contribution in [0.5, 0.6) is 11.8 Å². The van der Waals surface area contributed by atoms with E-state index in [0.717, 1.165) is 0 Å². The lowest BCUT2D eigenvalue weighted by Crippen LogP contribution is -2.00. The molecule has 3 aromatic heterocycles. The Kier molecular flexibility index (Phi) is 4.31. The van der Waals surface area contributed by atoms with Crippen molar-refractivity contribution in [3.8, 4) is 11.8 Å². The van der Waals surface area contributed by atoms with E-state index in [2.05, 4.69) is 30.4 Å². The fourth-order valence-electron chi connectivity index (χ4n) is 1.51. The van der Waals surface area contributed by atoms with Gasteiger partial charge in [0.15, 0.2) is 10.9 Å². The van der Waals surface area contributed by atoms with Crippen LogP contribution >= 0.6 is 23.2 Å². The lowest BCUT2D eigenvalue weighted by molar-refractivity contribution is 0.345. The molecule has 3 aromatic rings. The van der Waals surface area contributed by atoms with Gasteiger partial charge in [-0.3, -0.25) is 9.97 Å². The summed E-state index contributed by atoms with van der Waals surface area (Å²) in [6.07, 6.45) is 5.80. The molecule has 0 bridgehead atoms. The van der Waals surface area contributed by atoms with Crippen molar-refractivity contribution >= 4 is 29.0 Å². The van der Waals surface area contributed by atoms with Gasteiger partial charge in [0.2, 0.25) is 5.88 Å². The molecule has 3 rings (SSSR count). The fourth-order valence-corrected chi connectivity index (χ4v) is 1.80.